The first-order valence-electron chi connectivity index (χ1n) is 13.8. The second-order valence-corrected chi connectivity index (χ2v) is 10.5. The van der Waals surface area contributed by atoms with Crippen molar-refractivity contribution in [2.45, 2.75) is 13.8 Å². The van der Waals surface area contributed by atoms with Gasteiger partial charge in [-0.15, -0.1) is 5.73 Å². The number of fused-ring (bicyclic) bond motifs is 6. The van der Waals surface area contributed by atoms with Crippen molar-refractivity contribution in [2.24, 2.45) is 4.99 Å². The first-order valence-corrected chi connectivity index (χ1v) is 13.8. The van der Waals surface area contributed by atoms with Crippen LogP contribution in [0.2, 0.25) is 0 Å². The average Bonchev–Trinajstić information content (AvgIpc) is 3.28. The Kier molecular flexibility index (Phi) is 5.38. The predicted octanol–water partition coefficient (Wildman–Crippen LogP) is 7.83. The van der Waals surface area contributed by atoms with Crippen LogP contribution >= 0.6 is 0 Å². The molecule has 0 bridgehead atoms. The number of pyridine rings is 3. The van der Waals surface area contributed by atoms with E-state index in [-0.39, 0.29) is 0 Å². The highest BCUT2D eigenvalue weighted by atomic mass is 15.0. The first-order chi connectivity index (χ1) is 20.7. The van der Waals surface area contributed by atoms with Crippen LogP contribution in [0.1, 0.15) is 29.3 Å². The Hall–Kier alpha value is -5.80. The Morgan fingerprint density at radius 2 is 1.45 bits per heavy atom. The van der Waals surface area contributed by atoms with Gasteiger partial charge in [-0.25, -0.2) is 0 Å². The van der Waals surface area contributed by atoms with Crippen molar-refractivity contribution < 1.29 is 0 Å². The van der Waals surface area contributed by atoms with E-state index in [1.807, 2.05) is 55.5 Å². The maximum Gasteiger partial charge on any atom is 0.0687 e. The monoisotopic (exact) mass is 540 g/mol. The van der Waals surface area contributed by atoms with E-state index in [1.54, 1.807) is 6.20 Å². The van der Waals surface area contributed by atoms with E-state index in [0.29, 0.717) is 0 Å². The first kappa shape index (κ1) is 24.0. The molecule has 1 aromatic carbocycles. The molecular formula is C36H24N6. The van der Waals surface area contributed by atoms with Crippen LogP contribution in [-0.4, -0.2) is 30.3 Å². The number of aromatic nitrogens is 5. The molecule has 0 radical (unpaired) electrons. The maximum atomic E-state index is 4.37. The lowest BCUT2D eigenvalue weighted by molar-refractivity contribution is 1.10. The summed E-state index contributed by atoms with van der Waals surface area (Å²) in [5, 5.41) is 3.24. The molecule has 6 aromatic rings. The van der Waals surface area contributed by atoms with Gasteiger partial charge in [0.05, 0.1) is 28.4 Å². The molecule has 1 aliphatic heterocycles. The molecule has 0 fully saturated rings. The molecule has 0 saturated heterocycles. The average molecular weight is 541 g/mol. The summed E-state index contributed by atoms with van der Waals surface area (Å²) < 4.78 is 4.53. The van der Waals surface area contributed by atoms with E-state index in [1.165, 1.54) is 5.56 Å². The number of benzene rings is 1. The molecule has 2 aliphatic rings. The summed E-state index contributed by atoms with van der Waals surface area (Å²) in [6.07, 6.45) is 23.2. The molecule has 8 rings (SSSR count). The molecule has 42 heavy (non-hydrogen) atoms. The third-order valence-electron chi connectivity index (χ3n) is 8.02. The van der Waals surface area contributed by atoms with Crippen molar-refractivity contribution in [3.8, 4) is 5.69 Å². The number of nitrogens with zero attached hydrogens (tertiary/aromatic N) is 6. The van der Waals surface area contributed by atoms with Gasteiger partial charge < -0.3 is 9.13 Å². The molecule has 0 saturated carbocycles. The topological polar surface area (TPSA) is 60.9 Å². The van der Waals surface area contributed by atoms with E-state index in [0.717, 1.165) is 72.1 Å². The summed E-state index contributed by atoms with van der Waals surface area (Å²) in [4.78, 5) is 17.5. The van der Waals surface area contributed by atoms with Crippen molar-refractivity contribution in [2.75, 3.05) is 0 Å². The largest absolute Gasteiger partial charge is 0.309 e. The Labute approximate surface area is 242 Å². The van der Waals surface area contributed by atoms with Gasteiger partial charge >= 0.3 is 0 Å². The number of hydrogen-bond donors (Lipinski definition) is 0. The predicted molar refractivity (Wildman–Crippen MR) is 171 cm³/mol. The Balaban J connectivity index is 1.22. The third kappa shape index (κ3) is 3.61. The highest BCUT2D eigenvalue weighted by molar-refractivity contribution is 6.10. The standard InChI is InChI=1S/C36H24N6/c1-23-17-25(41-34-10-14-39-21-31(34)32-22-40-15-11-35(32)41)5-3-6-27(23)28-9-8-26(18-24(28)2)42-33-7-4-13-37-19-29(33)30-20-38-16-12-36(30)42/h3,5,7-22H,1-2H3. The number of aryl methyl sites for hydroxylation is 1. The molecule has 0 spiro atoms. The van der Waals surface area contributed by atoms with Crippen LogP contribution in [-0.2, 0) is 0 Å². The van der Waals surface area contributed by atoms with Crippen LogP contribution in [0.25, 0.3) is 55.7 Å². The molecule has 0 amide bonds. The minimum absolute atomic E-state index is 1.04. The molecule has 0 atom stereocenters. The van der Waals surface area contributed by atoms with Crippen LogP contribution in [0.5, 0.6) is 0 Å². The Bertz CT molecular complexity index is 2290. The second kappa shape index (κ2) is 9.39. The van der Waals surface area contributed by atoms with Crippen molar-refractivity contribution in [1.29, 1.82) is 0 Å². The molecule has 6 nitrogen and oxygen atoms in total. The normalized spacial score (nSPS) is 14.2. The molecule has 6 heterocycles. The molecule has 0 unspecified atom stereocenters. The van der Waals surface area contributed by atoms with Gasteiger partial charge in [-0.1, -0.05) is 11.8 Å². The fourth-order valence-corrected chi connectivity index (χ4v) is 6.16. The maximum absolute atomic E-state index is 4.37. The van der Waals surface area contributed by atoms with Crippen LogP contribution in [0, 0.1) is 6.92 Å². The lowest BCUT2D eigenvalue weighted by Gasteiger charge is -2.15. The van der Waals surface area contributed by atoms with E-state index in [9.17, 15) is 0 Å². The molecule has 5 aromatic heterocycles. The van der Waals surface area contributed by atoms with Gasteiger partial charge in [-0.3, -0.25) is 19.9 Å². The Morgan fingerprint density at radius 1 is 0.762 bits per heavy atom. The highest BCUT2D eigenvalue weighted by Gasteiger charge is 2.19. The molecule has 0 N–H and O–H groups in total. The number of aliphatic imine (C=N–C) groups is 1. The smallest absolute Gasteiger partial charge is 0.0687 e. The molecule has 198 valence electrons. The summed E-state index contributed by atoms with van der Waals surface area (Å²) in [6, 6.07) is 12.8. The van der Waals surface area contributed by atoms with Crippen LogP contribution in [0.15, 0.2) is 120 Å². The zero-order chi connectivity index (χ0) is 28.2. The van der Waals surface area contributed by atoms with Crippen molar-refractivity contribution in [3.63, 3.8) is 0 Å². The SMILES string of the molecule is CC1=CC(n2c3ccncc3c3cnccc32)=CC=C=C1c1ccc(-n2c3c(c4cnccc42)C=NC=C=C3)cc1C. The number of rotatable bonds is 3. The van der Waals surface area contributed by atoms with Crippen molar-refractivity contribution in [3.05, 3.63) is 137 Å². The minimum atomic E-state index is 1.04. The van der Waals surface area contributed by atoms with Crippen LogP contribution < -0.4 is 0 Å². The lowest BCUT2D eigenvalue weighted by Crippen LogP contribution is -2.00. The highest BCUT2D eigenvalue weighted by Crippen LogP contribution is 2.36. The summed E-state index contributed by atoms with van der Waals surface area (Å²) in [6.45, 7) is 4.32. The quantitative estimate of drug-likeness (QED) is 0.215. The van der Waals surface area contributed by atoms with Gasteiger partial charge in [0, 0.05) is 88.2 Å². The third-order valence-corrected chi connectivity index (χ3v) is 8.02. The van der Waals surface area contributed by atoms with Gasteiger partial charge in [-0.05, 0) is 79.1 Å². The molecule has 6 heteroatoms. The number of allylic oxidation sites excluding steroid dienone is 5. The van der Waals surface area contributed by atoms with Gasteiger partial charge in [0.25, 0.3) is 0 Å². The van der Waals surface area contributed by atoms with Crippen molar-refractivity contribution in [1.82, 2.24) is 24.1 Å². The van der Waals surface area contributed by atoms with Gasteiger partial charge in [0.15, 0.2) is 0 Å². The fraction of sp³-hybridized carbons (Fsp3) is 0.0556. The van der Waals surface area contributed by atoms with E-state index in [2.05, 4.69) is 103 Å². The van der Waals surface area contributed by atoms with Crippen LogP contribution in [0.3, 0.4) is 0 Å². The second-order valence-electron chi connectivity index (χ2n) is 10.5. The van der Waals surface area contributed by atoms with Gasteiger partial charge in [0.2, 0.25) is 0 Å². The summed E-state index contributed by atoms with van der Waals surface area (Å²) in [5.74, 6) is 0. The summed E-state index contributed by atoms with van der Waals surface area (Å²) in [7, 11) is 0. The van der Waals surface area contributed by atoms with Crippen LogP contribution in [0.4, 0.5) is 0 Å². The minimum Gasteiger partial charge on any atom is -0.309 e. The molecule has 1 aliphatic carbocycles. The van der Waals surface area contributed by atoms with Crippen molar-refractivity contribution >= 4 is 56.3 Å². The zero-order valence-corrected chi connectivity index (χ0v) is 23.1. The Morgan fingerprint density at radius 3 is 2.17 bits per heavy atom. The van der Waals surface area contributed by atoms with Gasteiger partial charge in [0.1, 0.15) is 0 Å². The summed E-state index contributed by atoms with van der Waals surface area (Å²) in [5.41, 5.74) is 18.8. The zero-order valence-electron chi connectivity index (χ0n) is 23.1. The number of hydrogen-bond acceptors (Lipinski definition) is 4. The van der Waals surface area contributed by atoms with E-state index >= 15 is 0 Å². The summed E-state index contributed by atoms with van der Waals surface area (Å²) >= 11 is 0. The van der Waals surface area contributed by atoms with Gasteiger partial charge in [-0.2, -0.15) is 0 Å². The fourth-order valence-electron chi connectivity index (χ4n) is 6.16. The van der Waals surface area contributed by atoms with E-state index < -0.39 is 0 Å². The van der Waals surface area contributed by atoms with E-state index in [4.69, 9.17) is 0 Å². The lowest BCUT2D eigenvalue weighted by atomic mass is 9.95. The molecular weight excluding hydrogens is 516 g/mol.